The molecule has 1 amide bonds. The van der Waals surface area contributed by atoms with Gasteiger partial charge in [-0.25, -0.2) is 0 Å². The van der Waals surface area contributed by atoms with E-state index < -0.39 is 17.1 Å². The first kappa shape index (κ1) is 31.0. The lowest BCUT2D eigenvalue weighted by Gasteiger charge is -2.30. The third-order valence-electron chi connectivity index (χ3n) is 7.67. The van der Waals surface area contributed by atoms with Gasteiger partial charge in [0.1, 0.15) is 17.3 Å². The predicted octanol–water partition coefficient (Wildman–Crippen LogP) is 5.71. The molecular formula is C31H45NO7. The standard InChI is InChI=1S/C31H45NO7/c1-21(19-24-20-25(33)9-11-28(24)35)27(34)14-17-37-31(5,6)16-18-38-30(3,4)15-13-22(2)39-32-26(23-7-8-23)10-12-29(32)36/h24H,1-2,7-20H2,3-6H3. The van der Waals surface area contributed by atoms with E-state index in [9.17, 15) is 19.2 Å². The third-order valence-corrected chi connectivity index (χ3v) is 7.67. The summed E-state index contributed by atoms with van der Waals surface area (Å²) in [5.41, 5.74) is 1.81. The monoisotopic (exact) mass is 543 g/mol. The topological polar surface area (TPSA) is 99.2 Å². The van der Waals surface area contributed by atoms with Crippen molar-refractivity contribution in [3.63, 3.8) is 0 Å². The Morgan fingerprint density at radius 2 is 1.54 bits per heavy atom. The highest BCUT2D eigenvalue weighted by Gasteiger charge is 2.34. The van der Waals surface area contributed by atoms with E-state index in [1.807, 2.05) is 27.7 Å². The fraction of sp³-hybridized carbons (Fsp3) is 0.677. The quantitative estimate of drug-likeness (QED) is 0.182. The minimum atomic E-state index is -0.487. The van der Waals surface area contributed by atoms with Crippen molar-refractivity contribution in [1.29, 1.82) is 0 Å². The van der Waals surface area contributed by atoms with E-state index in [0.717, 1.165) is 25.0 Å². The minimum absolute atomic E-state index is 0.00915. The Balaban J connectivity index is 1.31. The van der Waals surface area contributed by atoms with E-state index in [4.69, 9.17) is 14.3 Å². The molecule has 8 heteroatoms. The van der Waals surface area contributed by atoms with Crippen molar-refractivity contribution in [3.05, 3.63) is 35.8 Å². The Bertz CT molecular complexity index is 1030. The number of nitrogens with zero attached hydrogens (tertiary/aromatic N) is 1. The molecule has 2 aliphatic carbocycles. The number of ether oxygens (including phenoxy) is 2. The van der Waals surface area contributed by atoms with Crippen molar-refractivity contribution >= 4 is 23.3 Å². The van der Waals surface area contributed by atoms with E-state index in [2.05, 4.69) is 13.2 Å². The van der Waals surface area contributed by atoms with Crippen LogP contribution in [0, 0.1) is 5.92 Å². The largest absolute Gasteiger partial charge is 0.377 e. The first-order chi connectivity index (χ1) is 18.3. The van der Waals surface area contributed by atoms with Crippen LogP contribution in [0.2, 0.25) is 0 Å². The maximum atomic E-state index is 12.5. The molecule has 0 aromatic heterocycles. The minimum Gasteiger partial charge on any atom is -0.377 e. The molecule has 0 N–H and O–H groups in total. The van der Waals surface area contributed by atoms with Crippen molar-refractivity contribution in [3.8, 4) is 0 Å². The number of carbonyl (C=O) groups excluding carboxylic acids is 4. The highest BCUT2D eigenvalue weighted by molar-refractivity contribution is 5.98. The number of hydroxylamine groups is 2. The van der Waals surface area contributed by atoms with Crippen LogP contribution in [0.25, 0.3) is 0 Å². The van der Waals surface area contributed by atoms with E-state index >= 15 is 0 Å². The zero-order valence-corrected chi connectivity index (χ0v) is 24.2. The van der Waals surface area contributed by atoms with Crippen molar-refractivity contribution in [1.82, 2.24) is 5.06 Å². The van der Waals surface area contributed by atoms with Gasteiger partial charge in [-0.05, 0) is 70.9 Å². The van der Waals surface area contributed by atoms with Gasteiger partial charge < -0.3 is 14.3 Å². The lowest BCUT2D eigenvalue weighted by Crippen LogP contribution is -2.32. The van der Waals surface area contributed by atoms with Gasteiger partial charge >= 0.3 is 0 Å². The zero-order valence-electron chi connectivity index (χ0n) is 24.2. The van der Waals surface area contributed by atoms with Crippen molar-refractivity contribution < 1.29 is 33.5 Å². The van der Waals surface area contributed by atoms with Gasteiger partial charge in [0.25, 0.3) is 5.91 Å². The molecule has 0 spiro atoms. The van der Waals surface area contributed by atoms with Crippen LogP contribution in [0.5, 0.6) is 0 Å². The molecule has 3 fully saturated rings. The summed E-state index contributed by atoms with van der Waals surface area (Å²) in [5.74, 6) is 0.118. The van der Waals surface area contributed by atoms with Gasteiger partial charge in [0.05, 0.1) is 30.1 Å². The van der Waals surface area contributed by atoms with Crippen molar-refractivity contribution in [2.75, 3.05) is 13.2 Å². The number of allylic oxidation sites excluding steroid dienone is 4. The molecule has 1 aliphatic heterocycles. The van der Waals surface area contributed by atoms with Crippen LogP contribution in [0.4, 0.5) is 0 Å². The summed E-state index contributed by atoms with van der Waals surface area (Å²) in [6.07, 6.45) is 6.46. The van der Waals surface area contributed by atoms with Gasteiger partial charge in [-0.15, -0.1) is 5.06 Å². The molecule has 8 nitrogen and oxygen atoms in total. The van der Waals surface area contributed by atoms with Gasteiger partial charge in [0, 0.05) is 50.9 Å². The van der Waals surface area contributed by atoms with Gasteiger partial charge in [-0.2, -0.15) is 0 Å². The Kier molecular flexibility index (Phi) is 10.5. The number of hydrogen-bond acceptors (Lipinski definition) is 7. The van der Waals surface area contributed by atoms with Gasteiger partial charge in [0.2, 0.25) is 0 Å². The first-order valence-electron chi connectivity index (χ1n) is 14.2. The molecule has 0 bridgehead atoms. The van der Waals surface area contributed by atoms with Crippen LogP contribution in [0.3, 0.4) is 0 Å². The number of hydrogen-bond donors (Lipinski definition) is 0. The fourth-order valence-electron chi connectivity index (χ4n) is 4.84. The molecule has 1 heterocycles. The second-order valence-corrected chi connectivity index (χ2v) is 12.2. The molecular weight excluding hydrogens is 498 g/mol. The van der Waals surface area contributed by atoms with Crippen LogP contribution in [-0.4, -0.2) is 52.7 Å². The molecule has 1 unspecified atom stereocenters. The summed E-state index contributed by atoms with van der Waals surface area (Å²) in [7, 11) is 0. The maximum absolute atomic E-state index is 12.5. The molecule has 1 atom stereocenters. The molecule has 216 valence electrons. The Labute approximate surface area is 232 Å². The fourth-order valence-corrected chi connectivity index (χ4v) is 4.84. The average Bonchev–Trinajstić information content (AvgIpc) is 3.63. The summed E-state index contributed by atoms with van der Waals surface area (Å²) in [6.45, 7) is 16.5. The molecule has 0 radical (unpaired) electrons. The number of Topliss-reactive ketones (excluding diaryl/α,β-unsaturated/α-hetero) is 3. The number of amides is 1. The molecule has 2 saturated carbocycles. The Morgan fingerprint density at radius 1 is 0.872 bits per heavy atom. The second kappa shape index (κ2) is 13.2. The van der Waals surface area contributed by atoms with E-state index in [0.29, 0.717) is 50.0 Å². The Morgan fingerprint density at radius 3 is 2.23 bits per heavy atom. The SMILES string of the molecule is C=C(CCC(C)(C)OCCC(C)(C)OCCC(=O)C(=C)CC1CC(=O)CCC1=O)ON1C(=O)CCC1=C1CC1. The molecule has 39 heavy (non-hydrogen) atoms. The van der Waals surface area contributed by atoms with Crippen LogP contribution in [0.15, 0.2) is 35.8 Å². The second-order valence-electron chi connectivity index (χ2n) is 12.2. The molecule has 3 rings (SSSR count). The van der Waals surface area contributed by atoms with Crippen LogP contribution < -0.4 is 0 Å². The summed E-state index contributed by atoms with van der Waals surface area (Å²) in [5, 5.41) is 1.44. The summed E-state index contributed by atoms with van der Waals surface area (Å²) >= 11 is 0. The lowest BCUT2D eigenvalue weighted by molar-refractivity contribution is -0.158. The average molecular weight is 544 g/mol. The zero-order chi connectivity index (χ0) is 28.8. The van der Waals surface area contributed by atoms with Gasteiger partial charge in [-0.1, -0.05) is 13.2 Å². The van der Waals surface area contributed by atoms with Gasteiger partial charge in [-0.3, -0.25) is 19.2 Å². The maximum Gasteiger partial charge on any atom is 0.260 e. The molecule has 3 aliphatic rings. The number of ketones is 3. The Hall–Kier alpha value is -2.58. The van der Waals surface area contributed by atoms with Crippen LogP contribution in [0.1, 0.15) is 105 Å². The normalized spacial score (nSPS) is 20.1. The van der Waals surface area contributed by atoms with E-state index in [1.165, 1.54) is 10.6 Å². The van der Waals surface area contributed by atoms with E-state index in [-0.39, 0.29) is 55.5 Å². The van der Waals surface area contributed by atoms with Crippen LogP contribution in [-0.2, 0) is 33.5 Å². The summed E-state index contributed by atoms with van der Waals surface area (Å²) in [6, 6.07) is 0. The highest BCUT2D eigenvalue weighted by atomic mass is 16.7. The number of rotatable bonds is 16. The highest BCUT2D eigenvalue weighted by Crippen LogP contribution is 2.39. The molecule has 0 aromatic carbocycles. The summed E-state index contributed by atoms with van der Waals surface area (Å²) in [4.78, 5) is 54.2. The van der Waals surface area contributed by atoms with Crippen molar-refractivity contribution in [2.45, 2.75) is 116 Å². The smallest absolute Gasteiger partial charge is 0.260 e. The molecule has 1 saturated heterocycles. The summed E-state index contributed by atoms with van der Waals surface area (Å²) < 4.78 is 12.1. The molecule has 0 aromatic rings. The van der Waals surface area contributed by atoms with E-state index in [1.54, 1.807) is 0 Å². The lowest BCUT2D eigenvalue weighted by atomic mass is 9.82. The van der Waals surface area contributed by atoms with Gasteiger partial charge in [0.15, 0.2) is 5.78 Å². The first-order valence-corrected chi connectivity index (χ1v) is 14.2. The third kappa shape index (κ3) is 9.84. The predicted molar refractivity (Wildman–Crippen MR) is 147 cm³/mol. The number of carbonyl (C=O) groups is 4. The van der Waals surface area contributed by atoms with Crippen molar-refractivity contribution in [2.24, 2.45) is 5.92 Å². The van der Waals surface area contributed by atoms with Crippen LogP contribution >= 0.6 is 0 Å².